The summed E-state index contributed by atoms with van der Waals surface area (Å²) in [6.07, 6.45) is 1.69. The normalized spacial score (nSPS) is 11.6. The third-order valence-electron chi connectivity index (χ3n) is 3.86. The van der Waals surface area contributed by atoms with Crippen LogP contribution in [0.1, 0.15) is 17.3 Å². The minimum atomic E-state index is -0.733. The Hall–Kier alpha value is -2.97. The van der Waals surface area contributed by atoms with E-state index in [2.05, 4.69) is 11.6 Å². The molecule has 1 aromatic heterocycles. The number of allylic oxidation sites excluding steroid dienone is 1. The molecule has 0 saturated heterocycles. The van der Waals surface area contributed by atoms with Crippen molar-refractivity contribution in [2.75, 3.05) is 6.61 Å². The molecule has 0 atom stereocenters. The Labute approximate surface area is 169 Å². The number of fused-ring (bicyclic) bond motifs is 1. The molecule has 0 fully saturated rings. The fourth-order valence-corrected chi connectivity index (χ4v) is 3.93. The van der Waals surface area contributed by atoms with Crippen molar-refractivity contribution in [3.05, 3.63) is 74.6 Å². The number of rotatable bonds is 6. The van der Waals surface area contributed by atoms with Crippen LogP contribution in [0.5, 0.6) is 5.75 Å². The Bertz CT molecular complexity index is 1150. The molecule has 7 nitrogen and oxygen atoms in total. The molecule has 0 unspecified atom stereocenters. The second kappa shape index (κ2) is 8.37. The summed E-state index contributed by atoms with van der Waals surface area (Å²) in [5.74, 6) is -0.0195. The number of aromatic nitrogens is 1. The summed E-state index contributed by atoms with van der Waals surface area (Å²) < 4.78 is 8.21. The van der Waals surface area contributed by atoms with Gasteiger partial charge in [-0.3, -0.25) is 14.9 Å². The van der Waals surface area contributed by atoms with Crippen molar-refractivity contribution in [1.29, 1.82) is 0 Å². The maximum atomic E-state index is 12.7. The van der Waals surface area contributed by atoms with Gasteiger partial charge in [0.05, 0.1) is 21.7 Å². The Kier molecular flexibility index (Phi) is 5.91. The number of carbonyl (C=O) groups excluding carboxylic acids is 1. The van der Waals surface area contributed by atoms with Crippen molar-refractivity contribution in [1.82, 2.24) is 4.57 Å². The zero-order valence-corrected chi connectivity index (χ0v) is 16.5. The Morgan fingerprint density at radius 2 is 2.18 bits per heavy atom. The van der Waals surface area contributed by atoms with Gasteiger partial charge in [-0.25, -0.2) is 0 Å². The van der Waals surface area contributed by atoms with Crippen LogP contribution in [0.3, 0.4) is 0 Å². The summed E-state index contributed by atoms with van der Waals surface area (Å²) in [4.78, 5) is 27.9. The van der Waals surface area contributed by atoms with Crippen LogP contribution in [0.25, 0.3) is 10.2 Å². The number of ether oxygens (including phenoxy) is 1. The molecule has 1 heterocycles. The Morgan fingerprint density at radius 1 is 1.39 bits per heavy atom. The number of halogens is 1. The smallest absolute Gasteiger partial charge is 0.286 e. The minimum Gasteiger partial charge on any atom is -0.494 e. The lowest BCUT2D eigenvalue weighted by molar-refractivity contribution is -0.385. The molecule has 3 rings (SSSR count). The number of nitro groups is 1. The molecule has 0 bridgehead atoms. The van der Waals surface area contributed by atoms with Crippen molar-refractivity contribution in [3.8, 4) is 5.75 Å². The molecule has 0 N–H and O–H groups in total. The third-order valence-corrected chi connectivity index (χ3v) is 5.14. The minimum absolute atomic E-state index is 0.157. The van der Waals surface area contributed by atoms with Crippen LogP contribution in [0.4, 0.5) is 5.69 Å². The SMILES string of the molecule is C=CCn1c(=NC(=O)c2cc(Cl)ccc2[N+](=O)[O-])sc2cc(OCC)ccc21. The molecule has 0 aliphatic heterocycles. The Morgan fingerprint density at radius 3 is 2.86 bits per heavy atom. The first-order valence-electron chi connectivity index (χ1n) is 8.34. The molecule has 0 radical (unpaired) electrons. The van der Waals surface area contributed by atoms with E-state index in [0.717, 1.165) is 10.2 Å². The number of hydrogen-bond donors (Lipinski definition) is 0. The summed E-state index contributed by atoms with van der Waals surface area (Å²) in [6.45, 7) is 6.61. The molecule has 0 spiro atoms. The predicted molar refractivity (Wildman–Crippen MR) is 109 cm³/mol. The summed E-state index contributed by atoms with van der Waals surface area (Å²) in [6, 6.07) is 9.40. The van der Waals surface area contributed by atoms with E-state index in [4.69, 9.17) is 16.3 Å². The molecule has 144 valence electrons. The highest BCUT2D eigenvalue weighted by molar-refractivity contribution is 7.16. The van der Waals surface area contributed by atoms with Gasteiger partial charge in [-0.15, -0.1) is 6.58 Å². The van der Waals surface area contributed by atoms with Crippen LogP contribution in [0, 0.1) is 10.1 Å². The van der Waals surface area contributed by atoms with Gasteiger partial charge in [0, 0.05) is 17.6 Å². The summed E-state index contributed by atoms with van der Waals surface area (Å²) in [5, 5.41) is 11.5. The van der Waals surface area contributed by atoms with Gasteiger partial charge in [0.1, 0.15) is 11.3 Å². The quantitative estimate of drug-likeness (QED) is 0.333. The number of thiazole rings is 1. The van der Waals surface area contributed by atoms with E-state index < -0.39 is 10.8 Å². The van der Waals surface area contributed by atoms with E-state index in [1.165, 1.54) is 29.5 Å². The van der Waals surface area contributed by atoms with Gasteiger partial charge >= 0.3 is 0 Å². The van der Waals surface area contributed by atoms with E-state index in [-0.39, 0.29) is 16.3 Å². The standard InChI is InChI=1S/C19H16ClN3O4S/c1-3-9-22-16-8-6-13(27-4-2)11-17(16)28-19(22)21-18(24)14-10-12(20)5-7-15(14)23(25)26/h3,5-8,10-11H,1,4,9H2,2H3. The fourth-order valence-electron chi connectivity index (χ4n) is 2.69. The van der Waals surface area contributed by atoms with Crippen LogP contribution in [-0.2, 0) is 6.54 Å². The van der Waals surface area contributed by atoms with Gasteiger partial charge in [0.25, 0.3) is 11.6 Å². The van der Waals surface area contributed by atoms with E-state index in [9.17, 15) is 14.9 Å². The molecule has 9 heteroatoms. The van der Waals surface area contributed by atoms with Crippen LogP contribution in [0.15, 0.2) is 54.0 Å². The first kappa shape index (κ1) is 19.8. The molecule has 0 aliphatic rings. The van der Waals surface area contributed by atoms with Crippen LogP contribution < -0.4 is 9.54 Å². The van der Waals surface area contributed by atoms with E-state index in [0.29, 0.717) is 23.7 Å². The average Bonchev–Trinajstić information content (AvgIpc) is 2.98. The maximum Gasteiger partial charge on any atom is 0.286 e. The molecular formula is C19H16ClN3O4S. The molecule has 3 aromatic rings. The molecule has 28 heavy (non-hydrogen) atoms. The zero-order chi connectivity index (χ0) is 20.3. The molecule has 0 saturated carbocycles. The molecular weight excluding hydrogens is 402 g/mol. The molecule has 1 amide bonds. The highest BCUT2D eigenvalue weighted by atomic mass is 35.5. The number of hydrogen-bond acceptors (Lipinski definition) is 5. The van der Waals surface area contributed by atoms with Gasteiger partial charge in [0.2, 0.25) is 0 Å². The Balaban J connectivity index is 2.16. The van der Waals surface area contributed by atoms with Crippen molar-refractivity contribution in [3.63, 3.8) is 0 Å². The first-order valence-corrected chi connectivity index (χ1v) is 9.54. The summed E-state index contributed by atoms with van der Waals surface area (Å²) >= 11 is 7.20. The number of benzene rings is 2. The third kappa shape index (κ3) is 3.97. The lowest BCUT2D eigenvalue weighted by Gasteiger charge is -2.04. The lowest BCUT2D eigenvalue weighted by Crippen LogP contribution is -2.16. The van der Waals surface area contributed by atoms with Gasteiger partial charge < -0.3 is 9.30 Å². The van der Waals surface area contributed by atoms with Gasteiger partial charge in [-0.2, -0.15) is 4.99 Å². The van der Waals surface area contributed by atoms with Crippen LogP contribution >= 0.6 is 22.9 Å². The van der Waals surface area contributed by atoms with Crippen molar-refractivity contribution in [2.45, 2.75) is 13.5 Å². The second-order valence-electron chi connectivity index (χ2n) is 5.68. The molecule has 0 aliphatic carbocycles. The molecule has 2 aromatic carbocycles. The number of nitrogens with zero attached hydrogens (tertiary/aromatic N) is 3. The predicted octanol–water partition coefficient (Wildman–Crippen LogP) is 4.59. The van der Waals surface area contributed by atoms with E-state index in [1.807, 2.05) is 29.7 Å². The monoisotopic (exact) mass is 417 g/mol. The summed E-state index contributed by atoms with van der Waals surface area (Å²) in [5.41, 5.74) is 0.365. The summed E-state index contributed by atoms with van der Waals surface area (Å²) in [7, 11) is 0. The van der Waals surface area contributed by atoms with Crippen molar-refractivity contribution >= 4 is 44.7 Å². The van der Waals surface area contributed by atoms with Gasteiger partial charge in [-0.05, 0) is 37.3 Å². The number of carbonyl (C=O) groups is 1. The highest BCUT2D eigenvalue weighted by Gasteiger charge is 2.20. The average molecular weight is 418 g/mol. The first-order chi connectivity index (χ1) is 13.4. The van der Waals surface area contributed by atoms with Crippen molar-refractivity contribution in [2.24, 2.45) is 4.99 Å². The van der Waals surface area contributed by atoms with E-state index >= 15 is 0 Å². The van der Waals surface area contributed by atoms with E-state index in [1.54, 1.807) is 6.08 Å². The van der Waals surface area contributed by atoms with Gasteiger partial charge in [-0.1, -0.05) is 29.0 Å². The highest BCUT2D eigenvalue weighted by Crippen LogP contribution is 2.25. The maximum absolute atomic E-state index is 12.7. The van der Waals surface area contributed by atoms with Crippen LogP contribution in [-0.4, -0.2) is 22.0 Å². The fraction of sp³-hybridized carbons (Fsp3) is 0.158. The lowest BCUT2D eigenvalue weighted by atomic mass is 10.2. The number of amides is 1. The zero-order valence-electron chi connectivity index (χ0n) is 14.9. The number of nitro benzene ring substituents is 1. The largest absolute Gasteiger partial charge is 0.494 e. The topological polar surface area (TPSA) is 86.7 Å². The van der Waals surface area contributed by atoms with Crippen molar-refractivity contribution < 1.29 is 14.5 Å². The van der Waals surface area contributed by atoms with Gasteiger partial charge in [0.15, 0.2) is 4.80 Å². The van der Waals surface area contributed by atoms with Crippen LogP contribution in [0.2, 0.25) is 5.02 Å². The second-order valence-corrected chi connectivity index (χ2v) is 7.13.